The van der Waals surface area contributed by atoms with E-state index < -0.39 is 0 Å². The molecule has 0 aromatic carbocycles. The zero-order valence-electron chi connectivity index (χ0n) is 10.8. The van der Waals surface area contributed by atoms with Crippen LogP contribution in [0.4, 0.5) is 0 Å². The van der Waals surface area contributed by atoms with Gasteiger partial charge < -0.3 is 5.11 Å². The van der Waals surface area contributed by atoms with Crippen molar-refractivity contribution in [3.63, 3.8) is 0 Å². The average molecular weight is 262 g/mol. The average Bonchev–Trinajstić information content (AvgIpc) is 3.01. The van der Waals surface area contributed by atoms with Gasteiger partial charge in [0.15, 0.2) is 5.65 Å². The van der Waals surface area contributed by atoms with Gasteiger partial charge in [-0.2, -0.15) is 0 Å². The van der Waals surface area contributed by atoms with Crippen LogP contribution in [0.25, 0.3) is 5.65 Å². The summed E-state index contributed by atoms with van der Waals surface area (Å²) < 4.78 is 3.05. The molecular weight excluding hydrogens is 244 g/mol. The van der Waals surface area contributed by atoms with Gasteiger partial charge in [-0.3, -0.25) is 9.30 Å². The fraction of sp³-hybridized carbons (Fsp3) is 0.538. The van der Waals surface area contributed by atoms with Gasteiger partial charge in [-0.1, -0.05) is 6.07 Å². The summed E-state index contributed by atoms with van der Waals surface area (Å²) in [6.07, 6.45) is 3.88. The summed E-state index contributed by atoms with van der Waals surface area (Å²) in [5, 5.41) is 13.6. The highest BCUT2D eigenvalue weighted by atomic mass is 16.3. The van der Waals surface area contributed by atoms with Crippen molar-refractivity contribution in [2.24, 2.45) is 0 Å². The molecule has 6 heteroatoms. The van der Waals surface area contributed by atoms with Crippen LogP contribution < -0.4 is 5.69 Å². The van der Waals surface area contributed by atoms with Crippen LogP contribution in [-0.4, -0.2) is 49.9 Å². The number of rotatable bonds is 4. The monoisotopic (exact) mass is 262 g/mol. The normalized spacial score (nSPS) is 20.4. The molecule has 6 nitrogen and oxygen atoms in total. The van der Waals surface area contributed by atoms with E-state index in [1.807, 2.05) is 18.2 Å². The number of aliphatic hydroxyl groups excluding tert-OH is 1. The van der Waals surface area contributed by atoms with E-state index in [0.717, 1.165) is 25.9 Å². The molecular formula is C13H18N4O2. The van der Waals surface area contributed by atoms with Crippen molar-refractivity contribution in [1.29, 1.82) is 0 Å². The maximum absolute atomic E-state index is 12.1. The molecule has 1 atom stereocenters. The summed E-state index contributed by atoms with van der Waals surface area (Å²) in [6.45, 7) is 2.51. The molecule has 1 saturated heterocycles. The molecule has 0 aliphatic carbocycles. The second kappa shape index (κ2) is 5.14. The molecule has 2 aromatic rings. The maximum Gasteiger partial charge on any atom is 0.350 e. The molecule has 0 bridgehead atoms. The number of hydrogen-bond acceptors (Lipinski definition) is 4. The van der Waals surface area contributed by atoms with Crippen LogP contribution in [0.15, 0.2) is 29.2 Å². The largest absolute Gasteiger partial charge is 0.395 e. The van der Waals surface area contributed by atoms with Crippen LogP contribution in [-0.2, 0) is 6.54 Å². The molecule has 19 heavy (non-hydrogen) atoms. The van der Waals surface area contributed by atoms with Crippen LogP contribution in [0.2, 0.25) is 0 Å². The standard InChI is InChI=1S/C13H18N4O2/c18-10-11-4-3-6-15(11)8-9-17-13(19)16-7-2-1-5-12(16)14-17/h1-2,5,7,11,18H,3-4,6,8-10H2/t11-/m0/s1. The van der Waals surface area contributed by atoms with Gasteiger partial charge in [0.1, 0.15) is 0 Å². The zero-order valence-corrected chi connectivity index (χ0v) is 10.8. The first kappa shape index (κ1) is 12.4. The van der Waals surface area contributed by atoms with Crippen LogP contribution in [0.3, 0.4) is 0 Å². The first-order valence-corrected chi connectivity index (χ1v) is 6.69. The molecule has 2 aromatic heterocycles. The minimum atomic E-state index is -0.102. The molecule has 3 rings (SSSR count). The first-order valence-electron chi connectivity index (χ1n) is 6.69. The van der Waals surface area contributed by atoms with Gasteiger partial charge in [-0.15, -0.1) is 5.10 Å². The topological polar surface area (TPSA) is 62.8 Å². The minimum absolute atomic E-state index is 0.102. The van der Waals surface area contributed by atoms with Gasteiger partial charge in [0.05, 0.1) is 13.2 Å². The summed E-state index contributed by atoms with van der Waals surface area (Å²) >= 11 is 0. The van der Waals surface area contributed by atoms with E-state index in [2.05, 4.69) is 10.00 Å². The zero-order chi connectivity index (χ0) is 13.2. The number of aliphatic hydroxyl groups is 1. The smallest absolute Gasteiger partial charge is 0.350 e. The Labute approximate surface area is 110 Å². The van der Waals surface area contributed by atoms with Crippen LogP contribution >= 0.6 is 0 Å². The minimum Gasteiger partial charge on any atom is -0.395 e. The van der Waals surface area contributed by atoms with Crippen molar-refractivity contribution in [1.82, 2.24) is 19.1 Å². The van der Waals surface area contributed by atoms with Crippen molar-refractivity contribution in [2.45, 2.75) is 25.4 Å². The Kier molecular flexibility index (Phi) is 3.35. The van der Waals surface area contributed by atoms with E-state index in [0.29, 0.717) is 12.2 Å². The van der Waals surface area contributed by atoms with Crippen molar-refractivity contribution in [3.05, 3.63) is 34.9 Å². The fourth-order valence-corrected chi connectivity index (χ4v) is 2.73. The lowest BCUT2D eigenvalue weighted by Crippen LogP contribution is -2.36. The van der Waals surface area contributed by atoms with Gasteiger partial charge in [-0.05, 0) is 31.5 Å². The maximum atomic E-state index is 12.1. The van der Waals surface area contributed by atoms with Crippen molar-refractivity contribution < 1.29 is 5.11 Å². The summed E-state index contributed by atoms with van der Waals surface area (Å²) in [5.74, 6) is 0. The van der Waals surface area contributed by atoms with Gasteiger partial charge in [-0.25, -0.2) is 9.48 Å². The van der Waals surface area contributed by atoms with Gasteiger partial charge in [0, 0.05) is 18.8 Å². The summed E-state index contributed by atoms with van der Waals surface area (Å²) in [5.41, 5.74) is 0.572. The third kappa shape index (κ3) is 2.29. The van der Waals surface area contributed by atoms with E-state index in [-0.39, 0.29) is 18.3 Å². The molecule has 0 radical (unpaired) electrons. The van der Waals surface area contributed by atoms with E-state index >= 15 is 0 Å². The van der Waals surface area contributed by atoms with E-state index in [9.17, 15) is 9.90 Å². The lowest BCUT2D eigenvalue weighted by atomic mass is 10.2. The molecule has 102 valence electrons. The van der Waals surface area contributed by atoms with Gasteiger partial charge in [0.25, 0.3) is 0 Å². The Balaban J connectivity index is 1.75. The molecule has 1 N–H and O–H groups in total. The lowest BCUT2D eigenvalue weighted by Gasteiger charge is -2.21. The lowest BCUT2D eigenvalue weighted by molar-refractivity contribution is 0.153. The van der Waals surface area contributed by atoms with Crippen LogP contribution in [0, 0.1) is 0 Å². The van der Waals surface area contributed by atoms with Crippen molar-refractivity contribution in [3.8, 4) is 0 Å². The van der Waals surface area contributed by atoms with Crippen molar-refractivity contribution >= 4 is 5.65 Å². The molecule has 1 aliphatic heterocycles. The Hall–Kier alpha value is -1.66. The molecule has 0 spiro atoms. The molecule has 1 aliphatic rings. The van der Waals surface area contributed by atoms with Crippen LogP contribution in [0.1, 0.15) is 12.8 Å². The quantitative estimate of drug-likeness (QED) is 0.839. The van der Waals surface area contributed by atoms with Gasteiger partial charge in [0.2, 0.25) is 0 Å². The molecule has 3 heterocycles. The predicted octanol–water partition coefficient (Wildman–Crippen LogP) is -0.0473. The van der Waals surface area contributed by atoms with Crippen molar-refractivity contribution in [2.75, 3.05) is 19.7 Å². The van der Waals surface area contributed by atoms with Gasteiger partial charge >= 0.3 is 5.69 Å². The molecule has 0 unspecified atom stereocenters. The third-order valence-corrected chi connectivity index (χ3v) is 3.80. The first-order chi connectivity index (χ1) is 9.29. The summed E-state index contributed by atoms with van der Waals surface area (Å²) in [6, 6.07) is 5.76. The summed E-state index contributed by atoms with van der Waals surface area (Å²) in [4.78, 5) is 14.3. The summed E-state index contributed by atoms with van der Waals surface area (Å²) in [7, 11) is 0. The number of likely N-dealkylation sites (tertiary alicyclic amines) is 1. The van der Waals surface area contributed by atoms with Crippen LogP contribution in [0.5, 0.6) is 0 Å². The highest BCUT2D eigenvalue weighted by Gasteiger charge is 2.23. The second-order valence-corrected chi connectivity index (χ2v) is 4.95. The number of nitrogens with zero attached hydrogens (tertiary/aromatic N) is 4. The Morgan fingerprint density at radius 2 is 2.26 bits per heavy atom. The van der Waals surface area contributed by atoms with E-state index in [1.165, 1.54) is 4.68 Å². The Bertz CT molecular complexity index is 618. The highest BCUT2D eigenvalue weighted by molar-refractivity contribution is 5.35. The number of aromatic nitrogens is 3. The second-order valence-electron chi connectivity index (χ2n) is 4.95. The number of fused-ring (bicyclic) bond motifs is 1. The predicted molar refractivity (Wildman–Crippen MR) is 71.1 cm³/mol. The highest BCUT2D eigenvalue weighted by Crippen LogP contribution is 2.15. The van der Waals surface area contributed by atoms with E-state index in [1.54, 1.807) is 10.6 Å². The fourth-order valence-electron chi connectivity index (χ4n) is 2.73. The molecule has 0 amide bonds. The van der Waals surface area contributed by atoms with E-state index in [4.69, 9.17) is 0 Å². The number of pyridine rings is 1. The molecule has 0 saturated carbocycles. The number of hydrogen-bond donors (Lipinski definition) is 1. The third-order valence-electron chi connectivity index (χ3n) is 3.80. The Morgan fingerprint density at radius 3 is 3.05 bits per heavy atom. The SMILES string of the molecule is O=c1n(CCN2CCC[C@H]2CO)nc2ccccn12. The molecule has 1 fully saturated rings. The Morgan fingerprint density at radius 1 is 1.37 bits per heavy atom.